The number of benzene rings is 1. The first-order chi connectivity index (χ1) is 9.65. The highest BCUT2D eigenvalue weighted by Crippen LogP contribution is 2.31. The zero-order valence-corrected chi connectivity index (χ0v) is 15.2. The van der Waals surface area contributed by atoms with E-state index in [9.17, 15) is 0 Å². The summed E-state index contributed by atoms with van der Waals surface area (Å²) in [5.74, 6) is 2.30. The lowest BCUT2D eigenvalue weighted by Gasteiger charge is -2.23. The highest BCUT2D eigenvalue weighted by Gasteiger charge is 2.20. The van der Waals surface area contributed by atoms with Gasteiger partial charge < -0.3 is 4.57 Å². The number of nitrogens with zero attached hydrogens (tertiary/aromatic N) is 2. The maximum atomic E-state index is 6.35. The average molecular weight is 421 g/mol. The van der Waals surface area contributed by atoms with Gasteiger partial charge in [-0.05, 0) is 66.3 Å². The summed E-state index contributed by atoms with van der Waals surface area (Å²) in [6.07, 6.45) is 4.03. The summed E-state index contributed by atoms with van der Waals surface area (Å²) in [6, 6.07) is 6.47. The van der Waals surface area contributed by atoms with Crippen molar-refractivity contribution in [3.05, 3.63) is 27.6 Å². The van der Waals surface area contributed by atoms with Crippen LogP contribution in [-0.4, -0.2) is 20.6 Å². The number of halogens is 2. The molecule has 2 aromatic rings. The van der Waals surface area contributed by atoms with Crippen LogP contribution >= 0.6 is 46.0 Å². The molecule has 2 nitrogen and oxygen atoms in total. The summed E-state index contributed by atoms with van der Waals surface area (Å²) in [4.78, 5) is 4.76. The molecule has 1 fully saturated rings. The Kier molecular flexibility index (Phi) is 4.82. The van der Waals surface area contributed by atoms with Crippen molar-refractivity contribution in [2.45, 2.75) is 43.4 Å². The molecule has 0 amide bonds. The van der Waals surface area contributed by atoms with Crippen molar-refractivity contribution in [3.63, 3.8) is 0 Å². The third kappa shape index (κ3) is 3.12. The number of thioether (sulfide) groups is 1. The predicted octanol–water partition coefficient (Wildman–Crippen LogP) is 5.23. The highest BCUT2D eigenvalue weighted by molar-refractivity contribution is 14.1. The van der Waals surface area contributed by atoms with E-state index in [0.29, 0.717) is 5.25 Å². The van der Waals surface area contributed by atoms with E-state index in [0.717, 1.165) is 17.9 Å². The van der Waals surface area contributed by atoms with Gasteiger partial charge in [0.2, 0.25) is 0 Å². The number of alkyl halides is 1. The van der Waals surface area contributed by atoms with Gasteiger partial charge in [-0.15, -0.1) is 11.6 Å². The summed E-state index contributed by atoms with van der Waals surface area (Å²) in [5, 5.41) is 0.656. The summed E-state index contributed by atoms with van der Waals surface area (Å²) in [5.41, 5.74) is 2.29. The fourth-order valence-corrected chi connectivity index (χ4v) is 4.71. The van der Waals surface area contributed by atoms with Gasteiger partial charge in [0.15, 0.2) is 0 Å². The standard InChI is InChI=1S/C15H18ClIN2S/c1-10(16)15-18-13-8-11(17)5-6-14(13)19(15)9-12-4-2-3-7-20-12/h5-6,8,10,12H,2-4,7,9H2,1H3. The fraction of sp³-hybridized carbons (Fsp3) is 0.533. The van der Waals surface area contributed by atoms with E-state index < -0.39 is 0 Å². The monoisotopic (exact) mass is 420 g/mol. The third-order valence-corrected chi connectivity index (χ3v) is 6.00. The summed E-state index contributed by atoms with van der Waals surface area (Å²) in [6.45, 7) is 3.05. The molecule has 0 aliphatic carbocycles. The second-order valence-electron chi connectivity index (χ2n) is 5.32. The van der Waals surface area contributed by atoms with Crippen LogP contribution in [0.3, 0.4) is 0 Å². The van der Waals surface area contributed by atoms with E-state index in [1.165, 1.54) is 34.1 Å². The molecule has 2 heterocycles. The molecule has 1 aromatic carbocycles. The van der Waals surface area contributed by atoms with Crippen LogP contribution in [0.25, 0.3) is 11.0 Å². The Morgan fingerprint density at radius 3 is 3.05 bits per heavy atom. The van der Waals surface area contributed by atoms with Crippen LogP contribution in [-0.2, 0) is 6.54 Å². The van der Waals surface area contributed by atoms with Crippen molar-refractivity contribution in [2.24, 2.45) is 0 Å². The van der Waals surface area contributed by atoms with E-state index in [-0.39, 0.29) is 5.38 Å². The minimum Gasteiger partial charge on any atom is -0.326 e. The van der Waals surface area contributed by atoms with Crippen LogP contribution in [0.4, 0.5) is 0 Å². The van der Waals surface area contributed by atoms with Gasteiger partial charge in [0.05, 0.1) is 16.4 Å². The van der Waals surface area contributed by atoms with Crippen molar-refractivity contribution in [1.82, 2.24) is 9.55 Å². The van der Waals surface area contributed by atoms with E-state index in [1.807, 2.05) is 6.92 Å². The van der Waals surface area contributed by atoms with Gasteiger partial charge in [0.1, 0.15) is 5.82 Å². The molecule has 0 saturated carbocycles. The second-order valence-corrected chi connectivity index (χ2v) is 8.63. The number of hydrogen-bond donors (Lipinski definition) is 0. The van der Waals surface area contributed by atoms with Crippen molar-refractivity contribution in [1.29, 1.82) is 0 Å². The molecule has 0 bridgehead atoms. The Balaban J connectivity index is 1.99. The van der Waals surface area contributed by atoms with Gasteiger partial charge in [-0.3, -0.25) is 0 Å². The first kappa shape index (κ1) is 15.0. The fourth-order valence-electron chi connectivity index (χ4n) is 2.77. The largest absolute Gasteiger partial charge is 0.326 e. The molecule has 0 N–H and O–H groups in total. The molecule has 1 aliphatic rings. The predicted molar refractivity (Wildman–Crippen MR) is 96.8 cm³/mol. The zero-order chi connectivity index (χ0) is 14.1. The lowest BCUT2D eigenvalue weighted by molar-refractivity contribution is 0.575. The van der Waals surface area contributed by atoms with Crippen LogP contribution in [0, 0.1) is 3.57 Å². The van der Waals surface area contributed by atoms with Gasteiger partial charge in [-0.2, -0.15) is 11.8 Å². The quantitative estimate of drug-likeness (QED) is 0.500. The SMILES string of the molecule is CC(Cl)c1nc2cc(I)ccc2n1CC1CCCCS1. The first-order valence-electron chi connectivity index (χ1n) is 7.06. The normalized spacial score (nSPS) is 21.2. The Morgan fingerprint density at radius 2 is 2.35 bits per heavy atom. The van der Waals surface area contributed by atoms with Gasteiger partial charge >= 0.3 is 0 Å². The van der Waals surface area contributed by atoms with Crippen molar-refractivity contribution in [2.75, 3.05) is 5.75 Å². The summed E-state index contributed by atoms with van der Waals surface area (Å²) < 4.78 is 3.56. The first-order valence-corrected chi connectivity index (χ1v) is 9.63. The average Bonchev–Trinajstić information content (AvgIpc) is 2.78. The number of fused-ring (bicyclic) bond motifs is 1. The topological polar surface area (TPSA) is 17.8 Å². The van der Waals surface area contributed by atoms with Crippen LogP contribution in [0.1, 0.15) is 37.4 Å². The Bertz CT molecular complexity index is 605. The van der Waals surface area contributed by atoms with E-state index >= 15 is 0 Å². The maximum Gasteiger partial charge on any atom is 0.127 e. The smallest absolute Gasteiger partial charge is 0.127 e. The number of rotatable bonds is 3. The summed E-state index contributed by atoms with van der Waals surface area (Å²) in [7, 11) is 0. The molecule has 0 spiro atoms. The molecule has 1 aliphatic heterocycles. The Morgan fingerprint density at radius 1 is 1.50 bits per heavy atom. The lowest BCUT2D eigenvalue weighted by atomic mass is 10.2. The highest BCUT2D eigenvalue weighted by atomic mass is 127. The van der Waals surface area contributed by atoms with Crippen LogP contribution in [0.15, 0.2) is 18.2 Å². The molecule has 20 heavy (non-hydrogen) atoms. The second kappa shape index (κ2) is 6.44. The van der Waals surface area contributed by atoms with Crippen LogP contribution in [0.2, 0.25) is 0 Å². The van der Waals surface area contributed by atoms with E-state index in [2.05, 4.69) is 57.1 Å². The van der Waals surface area contributed by atoms with Gasteiger partial charge in [-0.25, -0.2) is 4.98 Å². The molecule has 2 unspecified atom stereocenters. The molecule has 108 valence electrons. The van der Waals surface area contributed by atoms with Gasteiger partial charge in [-0.1, -0.05) is 6.42 Å². The molecular formula is C15H18ClIN2S. The van der Waals surface area contributed by atoms with Crippen LogP contribution in [0.5, 0.6) is 0 Å². The number of imidazole rings is 1. The number of hydrogen-bond acceptors (Lipinski definition) is 2. The minimum atomic E-state index is -0.0475. The van der Waals surface area contributed by atoms with Crippen molar-refractivity contribution >= 4 is 57.0 Å². The number of aromatic nitrogens is 2. The van der Waals surface area contributed by atoms with E-state index in [1.54, 1.807) is 0 Å². The van der Waals surface area contributed by atoms with Gasteiger partial charge in [0, 0.05) is 15.4 Å². The molecule has 2 atom stereocenters. The maximum absolute atomic E-state index is 6.35. The van der Waals surface area contributed by atoms with Crippen molar-refractivity contribution < 1.29 is 0 Å². The summed E-state index contributed by atoms with van der Waals surface area (Å²) >= 11 is 10.8. The molecule has 0 radical (unpaired) electrons. The lowest BCUT2D eigenvalue weighted by Crippen LogP contribution is -2.18. The molecule has 5 heteroatoms. The minimum absolute atomic E-state index is 0.0475. The van der Waals surface area contributed by atoms with Crippen molar-refractivity contribution in [3.8, 4) is 0 Å². The molecule has 1 aromatic heterocycles. The van der Waals surface area contributed by atoms with Crippen LogP contribution < -0.4 is 0 Å². The molecule has 3 rings (SSSR count). The Hall–Kier alpha value is 0.0600. The zero-order valence-electron chi connectivity index (χ0n) is 11.5. The molecular weight excluding hydrogens is 403 g/mol. The van der Waals surface area contributed by atoms with Gasteiger partial charge in [0.25, 0.3) is 0 Å². The third-order valence-electron chi connectivity index (χ3n) is 3.76. The van der Waals surface area contributed by atoms with E-state index in [4.69, 9.17) is 16.6 Å². The molecule has 1 saturated heterocycles. The Labute approximate surface area is 142 Å².